The van der Waals surface area contributed by atoms with Crippen LogP contribution in [0.5, 0.6) is 0 Å². The van der Waals surface area contributed by atoms with Gasteiger partial charge in [0.1, 0.15) is 0 Å². The number of rotatable bonds is 2. The fourth-order valence-corrected chi connectivity index (χ4v) is 1.67. The molecule has 0 aromatic heterocycles. The van der Waals surface area contributed by atoms with Gasteiger partial charge in [0.05, 0.1) is 12.0 Å². The number of nitriles is 1. The maximum Gasteiger partial charge on any atom is 0.415 e. The summed E-state index contributed by atoms with van der Waals surface area (Å²) in [5.74, 6) is -0.209. The lowest BCUT2D eigenvalue weighted by atomic mass is 9.99. The van der Waals surface area contributed by atoms with Crippen molar-refractivity contribution in [1.29, 1.82) is 5.26 Å². The highest BCUT2D eigenvalue weighted by molar-refractivity contribution is 4.89. The van der Waals surface area contributed by atoms with Gasteiger partial charge in [-0.1, -0.05) is 0 Å². The van der Waals surface area contributed by atoms with Crippen molar-refractivity contribution in [2.24, 2.45) is 5.92 Å². The first-order chi connectivity index (χ1) is 6.93. The number of β-amino-alcohol motifs (C(OH)–C–C–N with tert-alkyl or cyclic N) is 1. The van der Waals surface area contributed by atoms with Crippen molar-refractivity contribution in [3.8, 4) is 6.07 Å². The summed E-state index contributed by atoms with van der Waals surface area (Å²) in [7, 11) is 0. The standard InChI is InChI=1S/C9H13F3N2O/c10-9(11,12)8(15)6-14-3-1-2-7(4-13)5-14/h7-8,15H,1-3,5-6H2/t7-,8-/m0/s1. The Morgan fingerprint density at radius 1 is 1.53 bits per heavy atom. The van der Waals surface area contributed by atoms with Crippen molar-refractivity contribution in [3.63, 3.8) is 0 Å². The lowest BCUT2D eigenvalue weighted by Crippen LogP contribution is -2.44. The molecule has 3 nitrogen and oxygen atoms in total. The topological polar surface area (TPSA) is 47.3 Å². The Balaban J connectivity index is 2.42. The quantitative estimate of drug-likeness (QED) is 0.762. The zero-order chi connectivity index (χ0) is 11.5. The van der Waals surface area contributed by atoms with E-state index in [9.17, 15) is 13.2 Å². The van der Waals surface area contributed by atoms with Crippen molar-refractivity contribution < 1.29 is 18.3 Å². The molecule has 1 fully saturated rings. The summed E-state index contributed by atoms with van der Waals surface area (Å²) in [6, 6.07) is 2.04. The molecule has 1 heterocycles. The Hall–Kier alpha value is -0.800. The Morgan fingerprint density at radius 3 is 2.73 bits per heavy atom. The zero-order valence-electron chi connectivity index (χ0n) is 8.17. The summed E-state index contributed by atoms with van der Waals surface area (Å²) in [5, 5.41) is 17.5. The van der Waals surface area contributed by atoms with Crippen LogP contribution in [-0.4, -0.2) is 41.9 Å². The van der Waals surface area contributed by atoms with Gasteiger partial charge in [-0.05, 0) is 19.4 Å². The number of halogens is 3. The van der Waals surface area contributed by atoms with E-state index in [-0.39, 0.29) is 5.92 Å². The second kappa shape index (κ2) is 4.81. The lowest BCUT2D eigenvalue weighted by molar-refractivity contribution is -0.208. The van der Waals surface area contributed by atoms with Crippen LogP contribution in [0.15, 0.2) is 0 Å². The Kier molecular flexibility index (Phi) is 3.94. The third-order valence-corrected chi connectivity index (χ3v) is 2.50. The SMILES string of the molecule is N#C[C@@H]1CCCN(C[C@H](O)C(F)(F)F)C1. The summed E-state index contributed by atoms with van der Waals surface area (Å²) < 4.78 is 36.1. The third kappa shape index (κ3) is 3.68. The highest BCUT2D eigenvalue weighted by atomic mass is 19.4. The van der Waals surface area contributed by atoms with Gasteiger partial charge in [-0.15, -0.1) is 0 Å². The smallest absolute Gasteiger partial charge is 0.382 e. The summed E-state index contributed by atoms with van der Waals surface area (Å²) in [6.07, 6.45) is -5.44. The molecule has 1 aliphatic heterocycles. The molecule has 0 amide bonds. The molecular weight excluding hydrogens is 209 g/mol. The highest BCUT2D eigenvalue weighted by Gasteiger charge is 2.39. The van der Waals surface area contributed by atoms with Crippen LogP contribution in [0, 0.1) is 17.2 Å². The molecule has 0 unspecified atom stereocenters. The van der Waals surface area contributed by atoms with Crippen LogP contribution < -0.4 is 0 Å². The molecule has 86 valence electrons. The van der Waals surface area contributed by atoms with E-state index in [1.54, 1.807) is 0 Å². The van der Waals surface area contributed by atoms with Gasteiger partial charge in [0.15, 0.2) is 6.10 Å². The molecule has 15 heavy (non-hydrogen) atoms. The molecule has 1 saturated heterocycles. The predicted molar refractivity (Wildman–Crippen MR) is 46.8 cm³/mol. The maximum absolute atomic E-state index is 12.0. The number of piperidine rings is 1. The van der Waals surface area contributed by atoms with Crippen LogP contribution in [0.3, 0.4) is 0 Å². The fraction of sp³-hybridized carbons (Fsp3) is 0.889. The number of aliphatic hydroxyl groups excluding tert-OH is 1. The first-order valence-corrected chi connectivity index (χ1v) is 4.80. The number of alkyl halides is 3. The zero-order valence-corrected chi connectivity index (χ0v) is 8.17. The van der Waals surface area contributed by atoms with E-state index in [0.29, 0.717) is 19.5 Å². The molecule has 6 heteroatoms. The van der Waals surface area contributed by atoms with Crippen molar-refractivity contribution in [3.05, 3.63) is 0 Å². The molecule has 0 saturated carbocycles. The number of nitrogens with zero attached hydrogens (tertiary/aromatic N) is 2. The van der Waals surface area contributed by atoms with Gasteiger partial charge in [0.25, 0.3) is 0 Å². The molecule has 1 N–H and O–H groups in total. The maximum atomic E-state index is 12.0. The average Bonchev–Trinajstić information content (AvgIpc) is 2.16. The predicted octanol–water partition coefficient (Wildman–Crippen LogP) is 1.15. The Labute approximate surface area is 86.1 Å². The van der Waals surface area contributed by atoms with Crippen molar-refractivity contribution in [2.75, 3.05) is 19.6 Å². The molecule has 2 atom stereocenters. The third-order valence-electron chi connectivity index (χ3n) is 2.50. The molecule has 0 radical (unpaired) electrons. The Bertz CT molecular complexity index is 249. The minimum atomic E-state index is -4.57. The van der Waals surface area contributed by atoms with Gasteiger partial charge in [0, 0.05) is 13.1 Å². The molecular formula is C9H13F3N2O. The molecule has 0 bridgehead atoms. The highest BCUT2D eigenvalue weighted by Crippen LogP contribution is 2.23. The van der Waals surface area contributed by atoms with E-state index >= 15 is 0 Å². The van der Waals surface area contributed by atoms with Crippen LogP contribution in [-0.2, 0) is 0 Å². The number of likely N-dealkylation sites (tertiary alicyclic amines) is 1. The second-order valence-corrected chi connectivity index (χ2v) is 3.79. The van der Waals surface area contributed by atoms with E-state index in [4.69, 9.17) is 10.4 Å². The second-order valence-electron chi connectivity index (χ2n) is 3.79. The monoisotopic (exact) mass is 222 g/mol. The summed E-state index contributed by atoms with van der Waals surface area (Å²) >= 11 is 0. The van der Waals surface area contributed by atoms with E-state index in [0.717, 1.165) is 6.42 Å². The number of hydrogen-bond donors (Lipinski definition) is 1. The largest absolute Gasteiger partial charge is 0.415 e. The van der Waals surface area contributed by atoms with Crippen molar-refractivity contribution in [1.82, 2.24) is 4.90 Å². The van der Waals surface area contributed by atoms with Gasteiger partial charge in [-0.3, -0.25) is 4.90 Å². The summed E-state index contributed by atoms with van der Waals surface area (Å²) in [5.41, 5.74) is 0. The van der Waals surface area contributed by atoms with Gasteiger partial charge in [-0.2, -0.15) is 18.4 Å². The van der Waals surface area contributed by atoms with E-state index in [2.05, 4.69) is 0 Å². The molecule has 0 spiro atoms. The fourth-order valence-electron chi connectivity index (χ4n) is 1.67. The van der Waals surface area contributed by atoms with Crippen LogP contribution in [0.25, 0.3) is 0 Å². The van der Waals surface area contributed by atoms with Gasteiger partial charge in [0.2, 0.25) is 0 Å². The minimum Gasteiger partial charge on any atom is -0.382 e. The van der Waals surface area contributed by atoms with Gasteiger partial charge in [-0.25, -0.2) is 0 Å². The summed E-state index contributed by atoms with van der Waals surface area (Å²) in [4.78, 5) is 1.50. The molecule has 1 rings (SSSR count). The van der Waals surface area contributed by atoms with Crippen molar-refractivity contribution in [2.45, 2.75) is 25.1 Å². The molecule has 1 aliphatic rings. The van der Waals surface area contributed by atoms with Crippen LogP contribution in [0.2, 0.25) is 0 Å². The minimum absolute atomic E-state index is 0.209. The normalized spacial score (nSPS) is 25.9. The van der Waals surface area contributed by atoms with Crippen LogP contribution in [0.1, 0.15) is 12.8 Å². The van der Waals surface area contributed by atoms with Crippen molar-refractivity contribution >= 4 is 0 Å². The van der Waals surface area contributed by atoms with Gasteiger partial charge >= 0.3 is 6.18 Å². The van der Waals surface area contributed by atoms with Gasteiger partial charge < -0.3 is 5.11 Å². The number of hydrogen-bond acceptors (Lipinski definition) is 3. The summed E-state index contributed by atoms with van der Waals surface area (Å²) in [6.45, 7) is 0.413. The van der Waals surface area contributed by atoms with Crippen LogP contribution in [0.4, 0.5) is 13.2 Å². The van der Waals surface area contributed by atoms with E-state index in [1.165, 1.54) is 4.90 Å². The first kappa shape index (κ1) is 12.3. The number of aliphatic hydroxyl groups is 1. The van der Waals surface area contributed by atoms with Crippen LogP contribution >= 0.6 is 0 Å². The van der Waals surface area contributed by atoms with E-state index < -0.39 is 18.8 Å². The molecule has 0 aromatic rings. The molecule has 0 aromatic carbocycles. The lowest BCUT2D eigenvalue weighted by Gasteiger charge is -2.31. The Morgan fingerprint density at radius 2 is 2.20 bits per heavy atom. The van der Waals surface area contributed by atoms with E-state index in [1.807, 2.05) is 6.07 Å². The first-order valence-electron chi connectivity index (χ1n) is 4.80. The molecule has 0 aliphatic carbocycles. The average molecular weight is 222 g/mol.